The van der Waals surface area contributed by atoms with Crippen molar-refractivity contribution in [3.63, 3.8) is 0 Å². The van der Waals surface area contributed by atoms with Gasteiger partial charge >= 0.3 is 6.18 Å². The summed E-state index contributed by atoms with van der Waals surface area (Å²) in [4.78, 5) is 0. The van der Waals surface area contributed by atoms with E-state index in [9.17, 15) is 13.2 Å². The van der Waals surface area contributed by atoms with Gasteiger partial charge in [0.2, 0.25) is 0 Å². The van der Waals surface area contributed by atoms with Crippen molar-refractivity contribution in [3.05, 3.63) is 47.8 Å². The number of hydrogen-bond donors (Lipinski definition) is 0. The second-order valence-electron chi connectivity index (χ2n) is 3.44. The van der Waals surface area contributed by atoms with Crippen molar-refractivity contribution < 1.29 is 13.2 Å². The van der Waals surface area contributed by atoms with Gasteiger partial charge in [-0.05, 0) is 23.8 Å². The number of alkyl halides is 4. The fourth-order valence-corrected chi connectivity index (χ4v) is 1.53. The molecule has 0 amide bonds. The summed E-state index contributed by atoms with van der Waals surface area (Å²) in [6, 6.07) is 7.78. The number of hydrogen-bond acceptors (Lipinski definition) is 1. The first-order valence-electron chi connectivity index (χ1n) is 4.79. The zero-order valence-electron chi connectivity index (χ0n) is 8.58. The highest BCUT2D eigenvalue weighted by atomic mass is 35.5. The molecule has 1 aromatic heterocycles. The van der Waals surface area contributed by atoms with Crippen LogP contribution in [0.25, 0.3) is 5.69 Å². The minimum atomic E-state index is -4.42. The lowest BCUT2D eigenvalue weighted by Crippen LogP contribution is -2.07. The van der Waals surface area contributed by atoms with Crippen molar-refractivity contribution in [2.24, 2.45) is 0 Å². The Labute approximate surface area is 101 Å². The van der Waals surface area contributed by atoms with Crippen molar-refractivity contribution in [3.8, 4) is 5.69 Å². The van der Waals surface area contributed by atoms with E-state index in [1.54, 1.807) is 24.3 Å². The molecule has 2 nitrogen and oxygen atoms in total. The molecule has 1 heterocycles. The van der Waals surface area contributed by atoms with Crippen molar-refractivity contribution in [1.82, 2.24) is 9.78 Å². The largest absolute Gasteiger partial charge is 0.435 e. The monoisotopic (exact) mass is 260 g/mol. The SMILES string of the molecule is FC(F)(F)c1ccn(-c2ccc(CCl)cc2)n1. The van der Waals surface area contributed by atoms with Gasteiger partial charge in [0, 0.05) is 12.1 Å². The first-order valence-corrected chi connectivity index (χ1v) is 5.32. The van der Waals surface area contributed by atoms with Gasteiger partial charge in [0.05, 0.1) is 5.69 Å². The van der Waals surface area contributed by atoms with Crippen LogP contribution in [0.1, 0.15) is 11.3 Å². The molecule has 0 N–H and O–H groups in total. The highest BCUT2D eigenvalue weighted by Crippen LogP contribution is 2.27. The predicted molar refractivity (Wildman–Crippen MR) is 58.1 cm³/mol. The Morgan fingerprint density at radius 3 is 2.24 bits per heavy atom. The highest BCUT2D eigenvalue weighted by Gasteiger charge is 2.33. The quantitative estimate of drug-likeness (QED) is 0.754. The van der Waals surface area contributed by atoms with Gasteiger partial charge in [-0.1, -0.05) is 12.1 Å². The molecule has 6 heteroatoms. The van der Waals surface area contributed by atoms with E-state index in [2.05, 4.69) is 5.10 Å². The fourth-order valence-electron chi connectivity index (χ4n) is 1.36. The third-order valence-electron chi connectivity index (χ3n) is 2.23. The topological polar surface area (TPSA) is 17.8 Å². The molecule has 2 aromatic rings. The summed E-state index contributed by atoms with van der Waals surface area (Å²) in [6.45, 7) is 0. The van der Waals surface area contributed by atoms with Crippen LogP contribution in [0.2, 0.25) is 0 Å². The van der Waals surface area contributed by atoms with Crippen LogP contribution in [0.5, 0.6) is 0 Å². The standard InChI is InChI=1S/C11H8ClF3N2/c12-7-8-1-3-9(4-2-8)17-6-5-10(16-17)11(13,14)15/h1-6H,7H2. The second-order valence-corrected chi connectivity index (χ2v) is 3.71. The molecule has 1 aromatic carbocycles. The Balaban J connectivity index is 2.30. The number of nitrogens with zero attached hydrogens (tertiary/aromatic N) is 2. The predicted octanol–water partition coefficient (Wildman–Crippen LogP) is 3.63. The number of aromatic nitrogens is 2. The average Bonchev–Trinajstić information content (AvgIpc) is 2.78. The first-order chi connectivity index (χ1) is 8.00. The van der Waals surface area contributed by atoms with E-state index >= 15 is 0 Å². The molecule has 90 valence electrons. The van der Waals surface area contributed by atoms with Crippen molar-refractivity contribution in [1.29, 1.82) is 0 Å². The molecule has 0 aliphatic carbocycles. The third-order valence-corrected chi connectivity index (χ3v) is 2.54. The zero-order chi connectivity index (χ0) is 12.5. The molecule has 2 rings (SSSR count). The number of halogens is 4. The molecule has 0 saturated heterocycles. The summed E-state index contributed by atoms with van der Waals surface area (Å²) in [5, 5.41) is 3.47. The summed E-state index contributed by atoms with van der Waals surface area (Å²) in [6.07, 6.45) is -3.14. The molecule has 0 unspecified atom stereocenters. The van der Waals surface area contributed by atoms with Crippen LogP contribution >= 0.6 is 11.6 Å². The minimum Gasteiger partial charge on any atom is -0.240 e. The summed E-state index contributed by atoms with van der Waals surface area (Å²) in [5.41, 5.74) is 0.562. The van der Waals surface area contributed by atoms with Crippen LogP contribution in [0.3, 0.4) is 0 Å². The van der Waals surface area contributed by atoms with Crippen molar-refractivity contribution in [2.45, 2.75) is 12.1 Å². The van der Waals surface area contributed by atoms with Gasteiger partial charge in [-0.2, -0.15) is 18.3 Å². The van der Waals surface area contributed by atoms with Gasteiger partial charge in [-0.25, -0.2) is 4.68 Å². The molecule has 0 aliphatic heterocycles. The molecule has 0 aliphatic rings. The average molecular weight is 261 g/mol. The zero-order valence-corrected chi connectivity index (χ0v) is 9.33. The van der Waals surface area contributed by atoms with Crippen LogP contribution in [0.4, 0.5) is 13.2 Å². The molecule has 17 heavy (non-hydrogen) atoms. The lowest BCUT2D eigenvalue weighted by molar-refractivity contribution is -0.141. The molecular weight excluding hydrogens is 253 g/mol. The summed E-state index contributed by atoms with van der Waals surface area (Å²) in [5.74, 6) is 0.368. The molecule has 0 spiro atoms. The van der Waals surface area contributed by atoms with Crippen molar-refractivity contribution in [2.75, 3.05) is 0 Å². The van der Waals surface area contributed by atoms with Gasteiger partial charge < -0.3 is 0 Å². The highest BCUT2D eigenvalue weighted by molar-refractivity contribution is 6.17. The summed E-state index contributed by atoms with van der Waals surface area (Å²) >= 11 is 5.62. The summed E-state index contributed by atoms with van der Waals surface area (Å²) < 4.78 is 38.2. The lowest BCUT2D eigenvalue weighted by atomic mass is 10.2. The number of rotatable bonds is 2. The van der Waals surface area contributed by atoms with Crippen LogP contribution in [-0.2, 0) is 12.1 Å². The van der Waals surface area contributed by atoms with E-state index in [4.69, 9.17) is 11.6 Å². The first kappa shape index (κ1) is 12.0. The van der Waals surface area contributed by atoms with Gasteiger partial charge in [0.15, 0.2) is 5.69 Å². The smallest absolute Gasteiger partial charge is 0.240 e. The molecule has 0 fully saturated rings. The van der Waals surface area contributed by atoms with Crippen molar-refractivity contribution >= 4 is 11.6 Å². The number of benzene rings is 1. The Hall–Kier alpha value is -1.49. The van der Waals surface area contributed by atoms with E-state index < -0.39 is 11.9 Å². The Bertz CT molecular complexity index is 502. The minimum absolute atomic E-state index is 0.368. The third kappa shape index (κ3) is 2.61. The van der Waals surface area contributed by atoms with E-state index in [1.165, 1.54) is 10.9 Å². The molecule has 0 saturated carbocycles. The Kier molecular flexibility index (Phi) is 3.11. The van der Waals surface area contributed by atoms with Gasteiger partial charge in [-0.3, -0.25) is 0 Å². The summed E-state index contributed by atoms with van der Waals surface area (Å²) in [7, 11) is 0. The van der Waals surface area contributed by atoms with E-state index in [0.717, 1.165) is 11.6 Å². The second kappa shape index (κ2) is 4.41. The molecule has 0 atom stereocenters. The Morgan fingerprint density at radius 2 is 1.76 bits per heavy atom. The maximum Gasteiger partial charge on any atom is 0.435 e. The van der Waals surface area contributed by atoms with E-state index in [0.29, 0.717) is 11.6 Å². The molecule has 0 radical (unpaired) electrons. The van der Waals surface area contributed by atoms with Crippen LogP contribution in [-0.4, -0.2) is 9.78 Å². The van der Waals surface area contributed by atoms with Crippen LogP contribution < -0.4 is 0 Å². The maximum absolute atomic E-state index is 12.3. The van der Waals surface area contributed by atoms with Gasteiger partial charge in [0.25, 0.3) is 0 Å². The molecular formula is C11H8ClF3N2. The van der Waals surface area contributed by atoms with E-state index in [1.807, 2.05) is 0 Å². The van der Waals surface area contributed by atoms with Crippen LogP contribution in [0, 0.1) is 0 Å². The fraction of sp³-hybridized carbons (Fsp3) is 0.182. The lowest BCUT2D eigenvalue weighted by Gasteiger charge is -2.03. The van der Waals surface area contributed by atoms with E-state index in [-0.39, 0.29) is 0 Å². The Morgan fingerprint density at radius 1 is 1.12 bits per heavy atom. The normalized spacial score (nSPS) is 11.8. The molecule has 0 bridgehead atoms. The van der Waals surface area contributed by atoms with Gasteiger partial charge in [0.1, 0.15) is 0 Å². The van der Waals surface area contributed by atoms with Gasteiger partial charge in [-0.15, -0.1) is 11.6 Å². The maximum atomic E-state index is 12.3. The van der Waals surface area contributed by atoms with Crippen LogP contribution in [0.15, 0.2) is 36.5 Å².